The van der Waals surface area contributed by atoms with Crippen LogP contribution in [0, 0.1) is 10.1 Å². The number of carbonyl (C=O) groups excluding carboxylic acids is 1. The first-order valence-electron chi connectivity index (χ1n) is 5.42. The van der Waals surface area contributed by atoms with Crippen molar-refractivity contribution in [3.8, 4) is 0 Å². The zero-order valence-corrected chi connectivity index (χ0v) is 9.28. The Balaban J connectivity index is 1.94. The number of rotatable bonds is 3. The molecule has 0 aliphatic carbocycles. The average Bonchev–Trinajstić information content (AvgIpc) is 2.79. The molecular formula is C9H14N5O3+. The maximum absolute atomic E-state index is 11.8. The van der Waals surface area contributed by atoms with Crippen molar-refractivity contribution in [3.63, 3.8) is 0 Å². The van der Waals surface area contributed by atoms with Crippen LogP contribution in [0.2, 0.25) is 0 Å². The monoisotopic (exact) mass is 240 g/mol. The summed E-state index contributed by atoms with van der Waals surface area (Å²) >= 11 is 0. The van der Waals surface area contributed by atoms with Crippen molar-refractivity contribution in [2.24, 2.45) is 0 Å². The van der Waals surface area contributed by atoms with E-state index >= 15 is 0 Å². The van der Waals surface area contributed by atoms with Gasteiger partial charge in [0.25, 0.3) is 0 Å². The molecule has 1 aliphatic rings. The van der Waals surface area contributed by atoms with Crippen LogP contribution in [0.3, 0.4) is 0 Å². The quantitative estimate of drug-likeness (QED) is 0.497. The van der Waals surface area contributed by atoms with E-state index in [1.807, 2.05) is 0 Å². The zero-order chi connectivity index (χ0) is 12.3. The second-order valence-electron chi connectivity index (χ2n) is 3.91. The van der Waals surface area contributed by atoms with Gasteiger partial charge >= 0.3 is 5.82 Å². The lowest BCUT2D eigenvalue weighted by Crippen LogP contribution is -2.90. The molecule has 2 N–H and O–H groups in total. The van der Waals surface area contributed by atoms with Crippen LogP contribution in [-0.2, 0) is 11.3 Å². The van der Waals surface area contributed by atoms with Crippen LogP contribution in [-0.4, -0.2) is 51.5 Å². The van der Waals surface area contributed by atoms with Crippen molar-refractivity contribution in [2.45, 2.75) is 6.54 Å². The van der Waals surface area contributed by atoms with Crippen molar-refractivity contribution in [1.82, 2.24) is 14.5 Å². The molecular weight excluding hydrogens is 226 g/mol. The van der Waals surface area contributed by atoms with E-state index in [1.165, 1.54) is 17.1 Å². The maximum atomic E-state index is 11.8. The van der Waals surface area contributed by atoms with Gasteiger partial charge in [-0.3, -0.25) is 4.79 Å². The summed E-state index contributed by atoms with van der Waals surface area (Å²) in [5.74, 6) is -0.254. The van der Waals surface area contributed by atoms with Gasteiger partial charge in [0.1, 0.15) is 12.7 Å². The number of quaternary nitrogens is 1. The minimum Gasteiger partial charge on any atom is -0.358 e. The Bertz CT molecular complexity index is 424. The predicted octanol–water partition coefficient (Wildman–Crippen LogP) is -1.80. The number of carbonyl (C=O) groups is 1. The minimum absolute atomic E-state index is 0.0228. The highest BCUT2D eigenvalue weighted by molar-refractivity contribution is 5.76. The van der Waals surface area contributed by atoms with Gasteiger partial charge in [0.05, 0.1) is 26.2 Å². The van der Waals surface area contributed by atoms with Crippen molar-refractivity contribution >= 4 is 11.7 Å². The van der Waals surface area contributed by atoms with Crippen molar-refractivity contribution in [2.75, 3.05) is 26.2 Å². The molecule has 1 fully saturated rings. The topological polar surface area (TPSA) is 97.9 Å². The van der Waals surface area contributed by atoms with Crippen LogP contribution in [0.1, 0.15) is 0 Å². The average molecular weight is 240 g/mol. The molecule has 2 rings (SSSR count). The maximum Gasteiger partial charge on any atom is 0.381 e. The summed E-state index contributed by atoms with van der Waals surface area (Å²) in [4.78, 5) is 27.1. The Morgan fingerprint density at radius 2 is 2.24 bits per heavy atom. The number of hydrogen-bond donors (Lipinski definition) is 1. The van der Waals surface area contributed by atoms with Gasteiger partial charge in [-0.1, -0.05) is 0 Å². The third kappa shape index (κ3) is 2.78. The fourth-order valence-electron chi connectivity index (χ4n) is 1.79. The van der Waals surface area contributed by atoms with Gasteiger partial charge in [0, 0.05) is 0 Å². The summed E-state index contributed by atoms with van der Waals surface area (Å²) in [5, 5.41) is 12.6. The Morgan fingerprint density at radius 1 is 1.53 bits per heavy atom. The Kier molecular flexibility index (Phi) is 3.33. The van der Waals surface area contributed by atoms with Crippen LogP contribution in [0.5, 0.6) is 0 Å². The number of nitrogens with two attached hydrogens (primary N) is 1. The lowest BCUT2D eigenvalue weighted by Gasteiger charge is -2.25. The molecule has 2 heterocycles. The van der Waals surface area contributed by atoms with Gasteiger partial charge in [-0.25, -0.2) is 0 Å². The Morgan fingerprint density at radius 3 is 2.82 bits per heavy atom. The lowest BCUT2D eigenvalue weighted by atomic mass is 10.3. The molecule has 0 bridgehead atoms. The van der Waals surface area contributed by atoms with E-state index in [2.05, 4.69) is 10.3 Å². The third-order valence-corrected chi connectivity index (χ3v) is 2.68. The molecule has 0 atom stereocenters. The second kappa shape index (κ2) is 4.91. The number of aromatic nitrogens is 2. The third-order valence-electron chi connectivity index (χ3n) is 2.68. The van der Waals surface area contributed by atoms with E-state index in [4.69, 9.17) is 0 Å². The normalized spacial score (nSPS) is 15.9. The molecule has 1 aliphatic heterocycles. The van der Waals surface area contributed by atoms with E-state index < -0.39 is 4.92 Å². The largest absolute Gasteiger partial charge is 0.381 e. The van der Waals surface area contributed by atoms with Gasteiger partial charge in [-0.05, 0) is 9.91 Å². The Labute approximate surface area is 97.4 Å². The molecule has 1 aromatic heterocycles. The summed E-state index contributed by atoms with van der Waals surface area (Å²) in [6, 6.07) is 0. The second-order valence-corrected chi connectivity index (χ2v) is 3.91. The molecule has 1 amide bonds. The molecule has 1 saturated heterocycles. The van der Waals surface area contributed by atoms with Crippen molar-refractivity contribution in [1.29, 1.82) is 0 Å². The van der Waals surface area contributed by atoms with E-state index in [-0.39, 0.29) is 18.3 Å². The van der Waals surface area contributed by atoms with Crippen LogP contribution in [0.15, 0.2) is 12.5 Å². The van der Waals surface area contributed by atoms with Gasteiger partial charge in [0.2, 0.25) is 12.2 Å². The molecule has 8 heteroatoms. The molecule has 92 valence electrons. The standard InChI is InChI=1S/C9H13N5O3/c15-9(13-3-1-10-2-4-13)6-12-5-8(11-7-12)14(16)17/h5,7,10H,1-4,6H2/p+1. The van der Waals surface area contributed by atoms with Crippen LogP contribution >= 0.6 is 0 Å². The van der Waals surface area contributed by atoms with Gasteiger partial charge in [-0.15, -0.1) is 0 Å². The van der Waals surface area contributed by atoms with E-state index in [9.17, 15) is 14.9 Å². The van der Waals surface area contributed by atoms with E-state index in [0.717, 1.165) is 26.2 Å². The highest BCUT2D eigenvalue weighted by Gasteiger charge is 2.19. The predicted molar refractivity (Wildman–Crippen MR) is 57.1 cm³/mol. The number of amides is 1. The fourth-order valence-corrected chi connectivity index (χ4v) is 1.79. The van der Waals surface area contributed by atoms with E-state index in [0.29, 0.717) is 0 Å². The molecule has 0 saturated carbocycles. The van der Waals surface area contributed by atoms with Crippen LogP contribution in [0.4, 0.5) is 5.82 Å². The van der Waals surface area contributed by atoms with Crippen molar-refractivity contribution in [3.05, 3.63) is 22.6 Å². The minimum atomic E-state index is -0.573. The number of nitrogens with zero attached hydrogens (tertiary/aromatic N) is 4. The summed E-state index contributed by atoms with van der Waals surface area (Å²) in [6.45, 7) is 3.40. The Hall–Kier alpha value is -1.96. The first-order valence-corrected chi connectivity index (χ1v) is 5.42. The van der Waals surface area contributed by atoms with Crippen molar-refractivity contribution < 1.29 is 15.0 Å². The van der Waals surface area contributed by atoms with E-state index in [1.54, 1.807) is 4.90 Å². The van der Waals surface area contributed by atoms with Gasteiger partial charge < -0.3 is 24.9 Å². The summed E-state index contributed by atoms with van der Waals surface area (Å²) in [6.07, 6.45) is 2.58. The first-order chi connectivity index (χ1) is 8.16. The lowest BCUT2D eigenvalue weighted by molar-refractivity contribution is -0.662. The molecule has 8 nitrogen and oxygen atoms in total. The molecule has 0 spiro atoms. The zero-order valence-electron chi connectivity index (χ0n) is 9.28. The fraction of sp³-hybridized carbons (Fsp3) is 0.556. The van der Waals surface area contributed by atoms with Crippen LogP contribution in [0.25, 0.3) is 0 Å². The molecule has 0 radical (unpaired) electrons. The van der Waals surface area contributed by atoms with Crippen LogP contribution < -0.4 is 5.32 Å². The molecule has 1 aromatic rings. The first kappa shape index (κ1) is 11.5. The number of hydrogen-bond acceptors (Lipinski definition) is 4. The molecule has 0 aromatic carbocycles. The molecule has 17 heavy (non-hydrogen) atoms. The highest BCUT2D eigenvalue weighted by Crippen LogP contribution is 2.06. The van der Waals surface area contributed by atoms with Gasteiger partial charge in [0.15, 0.2) is 0 Å². The summed E-state index contributed by atoms with van der Waals surface area (Å²) in [7, 11) is 0. The molecule has 0 unspecified atom stereocenters. The number of imidazole rings is 1. The highest BCUT2D eigenvalue weighted by atomic mass is 16.6. The SMILES string of the molecule is O=C(Cn1cnc([N+](=O)[O-])c1)N1CC[NH2+]CC1. The number of nitro groups is 1. The van der Waals surface area contributed by atoms with Gasteiger partial charge in [-0.2, -0.15) is 0 Å². The summed E-state index contributed by atoms with van der Waals surface area (Å²) < 4.78 is 1.44. The number of piperazine rings is 1. The smallest absolute Gasteiger partial charge is 0.358 e. The summed E-state index contributed by atoms with van der Waals surface area (Å²) in [5.41, 5.74) is 0.